The molecule has 0 saturated carbocycles. The largest absolute Gasteiger partial charge is 0.293 e. The van der Waals surface area contributed by atoms with Crippen molar-refractivity contribution in [2.45, 2.75) is 26.7 Å². The Hall–Kier alpha value is -0.590. The highest BCUT2D eigenvalue weighted by molar-refractivity contribution is 5.94. The molecule has 0 aliphatic carbocycles. The van der Waals surface area contributed by atoms with Gasteiger partial charge in [-0.15, -0.1) is 0 Å². The number of hydrogen-bond donors (Lipinski definition) is 0. The van der Waals surface area contributed by atoms with E-state index in [1.807, 2.05) is 20.0 Å². The average Bonchev–Trinajstić information content (AvgIpc) is 1.88. The maximum Gasteiger partial charge on any atom is 0.0341 e. The minimum absolute atomic E-state index is 1.10. The van der Waals surface area contributed by atoms with E-state index < -0.39 is 0 Å². The minimum Gasteiger partial charge on any atom is -0.293 e. The SMILES string of the molecule is C/C=C\C(CCC)=NC. The molecule has 0 N–H and O–H groups in total. The molecule has 0 unspecified atom stereocenters. The molecule has 9 heavy (non-hydrogen) atoms. The molecule has 0 radical (unpaired) electrons. The van der Waals surface area contributed by atoms with Crippen molar-refractivity contribution in [3.8, 4) is 0 Å². The number of rotatable bonds is 3. The van der Waals surface area contributed by atoms with Crippen LogP contribution in [0, 0.1) is 0 Å². The van der Waals surface area contributed by atoms with Gasteiger partial charge in [0, 0.05) is 12.8 Å². The second-order valence-electron chi connectivity index (χ2n) is 1.96. The quantitative estimate of drug-likeness (QED) is 0.514. The van der Waals surface area contributed by atoms with Gasteiger partial charge in [0.1, 0.15) is 0 Å². The molecule has 0 heterocycles. The molecule has 0 rings (SSSR count). The summed E-state index contributed by atoms with van der Waals surface area (Å²) in [6.45, 7) is 4.18. The maximum atomic E-state index is 4.10. The average molecular weight is 125 g/mol. The molecule has 52 valence electrons. The molecule has 0 atom stereocenters. The van der Waals surface area contributed by atoms with Crippen LogP contribution in [0.25, 0.3) is 0 Å². The summed E-state index contributed by atoms with van der Waals surface area (Å²) in [5.74, 6) is 0. The summed E-state index contributed by atoms with van der Waals surface area (Å²) in [6.07, 6.45) is 6.36. The van der Waals surface area contributed by atoms with Crippen LogP contribution in [0.15, 0.2) is 17.1 Å². The van der Waals surface area contributed by atoms with Crippen molar-refractivity contribution in [2.75, 3.05) is 7.05 Å². The van der Waals surface area contributed by atoms with Crippen LogP contribution in [0.2, 0.25) is 0 Å². The monoisotopic (exact) mass is 125 g/mol. The molecule has 0 saturated heterocycles. The Morgan fingerprint density at radius 3 is 2.56 bits per heavy atom. The first kappa shape index (κ1) is 8.41. The van der Waals surface area contributed by atoms with Crippen LogP contribution in [-0.4, -0.2) is 12.8 Å². The second kappa shape index (κ2) is 5.54. The zero-order valence-electron chi connectivity index (χ0n) is 6.52. The molecular weight excluding hydrogens is 110 g/mol. The van der Waals surface area contributed by atoms with E-state index in [1.54, 1.807) is 0 Å². The van der Waals surface area contributed by atoms with Gasteiger partial charge in [-0.3, -0.25) is 4.99 Å². The van der Waals surface area contributed by atoms with Crippen LogP contribution in [0.4, 0.5) is 0 Å². The lowest BCUT2D eigenvalue weighted by atomic mass is 10.2. The summed E-state index contributed by atoms with van der Waals surface area (Å²) in [5, 5.41) is 0. The Labute approximate surface area is 57.5 Å². The molecule has 0 aromatic heterocycles. The lowest BCUT2D eigenvalue weighted by Gasteiger charge is -1.93. The molecule has 1 nitrogen and oxygen atoms in total. The predicted molar refractivity (Wildman–Crippen MR) is 43.1 cm³/mol. The molecule has 0 amide bonds. The summed E-state index contributed by atoms with van der Waals surface area (Å²) < 4.78 is 0. The van der Waals surface area contributed by atoms with Gasteiger partial charge in [-0.2, -0.15) is 0 Å². The zero-order chi connectivity index (χ0) is 7.11. The van der Waals surface area contributed by atoms with E-state index in [2.05, 4.69) is 18.0 Å². The molecule has 0 aromatic rings. The molecule has 0 bridgehead atoms. The number of allylic oxidation sites excluding steroid dienone is 2. The summed E-state index contributed by atoms with van der Waals surface area (Å²) in [7, 11) is 1.84. The van der Waals surface area contributed by atoms with Gasteiger partial charge in [0.15, 0.2) is 0 Å². The molecule has 0 spiro atoms. The van der Waals surface area contributed by atoms with Crippen molar-refractivity contribution in [1.82, 2.24) is 0 Å². The van der Waals surface area contributed by atoms with E-state index in [0.29, 0.717) is 0 Å². The van der Waals surface area contributed by atoms with Gasteiger partial charge < -0.3 is 0 Å². The Kier molecular flexibility index (Phi) is 5.18. The van der Waals surface area contributed by atoms with Crippen LogP contribution in [0.3, 0.4) is 0 Å². The lowest BCUT2D eigenvalue weighted by molar-refractivity contribution is 0.993. The second-order valence-corrected chi connectivity index (χ2v) is 1.96. The fourth-order valence-electron chi connectivity index (χ4n) is 0.718. The molecular formula is C8H15N. The van der Waals surface area contributed by atoms with Gasteiger partial charge in [-0.05, 0) is 19.4 Å². The zero-order valence-corrected chi connectivity index (χ0v) is 6.52. The Morgan fingerprint density at radius 2 is 2.22 bits per heavy atom. The first-order valence-corrected chi connectivity index (χ1v) is 3.43. The van der Waals surface area contributed by atoms with Gasteiger partial charge in [-0.1, -0.05) is 19.4 Å². The number of hydrogen-bond acceptors (Lipinski definition) is 1. The third kappa shape index (κ3) is 3.95. The van der Waals surface area contributed by atoms with E-state index in [0.717, 1.165) is 6.42 Å². The lowest BCUT2D eigenvalue weighted by Crippen LogP contribution is -1.90. The summed E-state index contributed by atoms with van der Waals surface area (Å²) >= 11 is 0. The third-order valence-electron chi connectivity index (χ3n) is 1.15. The summed E-state index contributed by atoms with van der Waals surface area (Å²) in [4.78, 5) is 4.10. The van der Waals surface area contributed by atoms with Crippen LogP contribution >= 0.6 is 0 Å². The highest BCUT2D eigenvalue weighted by Gasteiger charge is 1.86. The molecule has 0 aromatic carbocycles. The van der Waals surface area contributed by atoms with Crippen molar-refractivity contribution < 1.29 is 0 Å². The van der Waals surface area contributed by atoms with Crippen molar-refractivity contribution in [3.05, 3.63) is 12.2 Å². The van der Waals surface area contributed by atoms with Gasteiger partial charge in [0.2, 0.25) is 0 Å². The standard InChI is InChI=1S/C8H15N/c1-4-6-8(9-3)7-5-2/h4,6H,5,7H2,1-3H3/b6-4-,9-8?. The fraction of sp³-hybridized carbons (Fsp3) is 0.625. The summed E-state index contributed by atoms with van der Waals surface area (Å²) in [6, 6.07) is 0. The Bertz CT molecular complexity index is 112. The van der Waals surface area contributed by atoms with Gasteiger partial charge >= 0.3 is 0 Å². The molecule has 0 aliphatic heterocycles. The van der Waals surface area contributed by atoms with Crippen molar-refractivity contribution >= 4 is 5.71 Å². The minimum atomic E-state index is 1.10. The third-order valence-corrected chi connectivity index (χ3v) is 1.15. The topological polar surface area (TPSA) is 12.4 Å². The molecule has 0 fully saturated rings. The fourth-order valence-corrected chi connectivity index (χ4v) is 0.718. The Morgan fingerprint density at radius 1 is 1.56 bits per heavy atom. The van der Waals surface area contributed by atoms with Gasteiger partial charge in [-0.25, -0.2) is 0 Å². The molecule has 1 heteroatoms. The first-order valence-electron chi connectivity index (χ1n) is 3.43. The normalized spacial score (nSPS) is 13.0. The highest BCUT2D eigenvalue weighted by Crippen LogP contribution is 1.92. The highest BCUT2D eigenvalue weighted by atomic mass is 14.7. The molecule has 0 aliphatic rings. The number of nitrogens with zero attached hydrogens (tertiary/aromatic N) is 1. The smallest absolute Gasteiger partial charge is 0.0341 e. The number of aliphatic imine (C=N–C) groups is 1. The van der Waals surface area contributed by atoms with Gasteiger partial charge in [0.25, 0.3) is 0 Å². The summed E-state index contributed by atoms with van der Waals surface area (Å²) in [5.41, 5.74) is 1.19. The van der Waals surface area contributed by atoms with E-state index in [1.165, 1.54) is 12.1 Å². The predicted octanol–water partition coefficient (Wildman–Crippen LogP) is 2.43. The van der Waals surface area contributed by atoms with Crippen molar-refractivity contribution in [2.24, 2.45) is 4.99 Å². The van der Waals surface area contributed by atoms with Crippen molar-refractivity contribution in [1.29, 1.82) is 0 Å². The van der Waals surface area contributed by atoms with Crippen LogP contribution < -0.4 is 0 Å². The van der Waals surface area contributed by atoms with Crippen LogP contribution in [0.5, 0.6) is 0 Å². The van der Waals surface area contributed by atoms with Crippen LogP contribution in [0.1, 0.15) is 26.7 Å². The van der Waals surface area contributed by atoms with E-state index in [4.69, 9.17) is 0 Å². The van der Waals surface area contributed by atoms with Crippen LogP contribution in [-0.2, 0) is 0 Å². The van der Waals surface area contributed by atoms with E-state index in [9.17, 15) is 0 Å². The Balaban J connectivity index is 3.70. The van der Waals surface area contributed by atoms with E-state index in [-0.39, 0.29) is 0 Å². The maximum absolute atomic E-state index is 4.10. The van der Waals surface area contributed by atoms with Crippen molar-refractivity contribution in [3.63, 3.8) is 0 Å². The first-order chi connectivity index (χ1) is 4.35. The van der Waals surface area contributed by atoms with E-state index >= 15 is 0 Å². The van der Waals surface area contributed by atoms with Gasteiger partial charge in [0.05, 0.1) is 0 Å².